The highest BCUT2D eigenvalue weighted by Crippen LogP contribution is 2.13. The summed E-state index contributed by atoms with van der Waals surface area (Å²) in [5.74, 6) is 0.519. The summed E-state index contributed by atoms with van der Waals surface area (Å²) in [4.78, 5) is 6.10. The number of nitriles is 1. The molecule has 74 valence electrons. The molecule has 2 N–H and O–H groups in total. The molecule has 0 aliphatic heterocycles. The molecule has 0 spiro atoms. The zero-order valence-corrected chi connectivity index (χ0v) is 8.27. The molecule has 0 bridgehead atoms. The van der Waals surface area contributed by atoms with Crippen LogP contribution in [-0.2, 0) is 0 Å². The third-order valence-corrected chi connectivity index (χ3v) is 2.01. The van der Waals surface area contributed by atoms with Crippen LogP contribution < -0.4 is 10.6 Å². The molecule has 0 saturated carbocycles. The van der Waals surface area contributed by atoms with E-state index in [4.69, 9.17) is 11.0 Å². The summed E-state index contributed by atoms with van der Waals surface area (Å²) in [7, 11) is 0. The molecule has 4 heteroatoms. The number of nitrogens with zero attached hydrogens (tertiary/aromatic N) is 3. The van der Waals surface area contributed by atoms with Crippen molar-refractivity contribution in [3.05, 3.63) is 18.3 Å². The molecule has 0 radical (unpaired) electrons. The van der Waals surface area contributed by atoms with Crippen molar-refractivity contribution in [2.75, 3.05) is 23.7 Å². The van der Waals surface area contributed by atoms with Gasteiger partial charge in [0.25, 0.3) is 0 Å². The van der Waals surface area contributed by atoms with E-state index < -0.39 is 0 Å². The fourth-order valence-corrected chi connectivity index (χ4v) is 1.24. The minimum atomic E-state index is 0.519. The van der Waals surface area contributed by atoms with Crippen LogP contribution in [0.5, 0.6) is 0 Å². The summed E-state index contributed by atoms with van der Waals surface area (Å²) in [6.45, 7) is 3.65. The first kappa shape index (κ1) is 10.3. The van der Waals surface area contributed by atoms with Gasteiger partial charge in [0.2, 0.25) is 0 Å². The third kappa shape index (κ3) is 2.63. The van der Waals surface area contributed by atoms with Crippen LogP contribution in [0.2, 0.25) is 0 Å². The molecule has 1 rings (SSSR count). The molecule has 0 aromatic carbocycles. The van der Waals surface area contributed by atoms with Gasteiger partial charge in [-0.3, -0.25) is 0 Å². The van der Waals surface area contributed by atoms with E-state index in [9.17, 15) is 0 Å². The van der Waals surface area contributed by atoms with Gasteiger partial charge < -0.3 is 10.6 Å². The van der Waals surface area contributed by atoms with Gasteiger partial charge in [0.15, 0.2) is 0 Å². The van der Waals surface area contributed by atoms with E-state index in [0.29, 0.717) is 12.2 Å². The number of rotatable bonds is 4. The van der Waals surface area contributed by atoms with Crippen molar-refractivity contribution in [1.29, 1.82) is 5.26 Å². The molecule has 0 saturated heterocycles. The molecule has 0 aliphatic rings. The van der Waals surface area contributed by atoms with Gasteiger partial charge in [-0.2, -0.15) is 5.26 Å². The Kier molecular flexibility index (Phi) is 3.74. The molecule has 0 atom stereocenters. The van der Waals surface area contributed by atoms with Gasteiger partial charge in [-0.05, 0) is 19.1 Å². The van der Waals surface area contributed by atoms with Crippen LogP contribution >= 0.6 is 0 Å². The molecule has 0 amide bonds. The molecular weight excluding hydrogens is 176 g/mol. The van der Waals surface area contributed by atoms with Gasteiger partial charge in [0, 0.05) is 13.1 Å². The minimum absolute atomic E-state index is 0.519. The van der Waals surface area contributed by atoms with Crippen molar-refractivity contribution in [1.82, 2.24) is 4.98 Å². The van der Waals surface area contributed by atoms with Crippen molar-refractivity contribution in [3.63, 3.8) is 0 Å². The number of hydrogen-bond acceptors (Lipinski definition) is 4. The van der Waals surface area contributed by atoms with Crippen LogP contribution in [0.4, 0.5) is 11.5 Å². The molecule has 0 fully saturated rings. The van der Waals surface area contributed by atoms with Crippen LogP contribution in [-0.4, -0.2) is 18.1 Å². The number of pyridine rings is 1. The molecule has 0 unspecified atom stereocenters. The second kappa shape index (κ2) is 5.07. The second-order valence-corrected chi connectivity index (χ2v) is 2.93. The summed E-state index contributed by atoms with van der Waals surface area (Å²) in [6, 6.07) is 5.81. The first-order valence-corrected chi connectivity index (χ1v) is 4.61. The molecule has 14 heavy (non-hydrogen) atoms. The number of nitrogen functional groups attached to an aromatic ring is 1. The lowest BCUT2D eigenvalue weighted by Crippen LogP contribution is -2.23. The quantitative estimate of drug-likeness (QED) is 0.779. The summed E-state index contributed by atoms with van der Waals surface area (Å²) < 4.78 is 0. The summed E-state index contributed by atoms with van der Waals surface area (Å²) >= 11 is 0. The molecule has 1 aromatic rings. The number of anilines is 2. The van der Waals surface area contributed by atoms with Crippen molar-refractivity contribution in [3.8, 4) is 6.07 Å². The van der Waals surface area contributed by atoms with Crippen molar-refractivity contribution < 1.29 is 0 Å². The zero-order valence-electron chi connectivity index (χ0n) is 8.27. The van der Waals surface area contributed by atoms with Crippen LogP contribution in [0.25, 0.3) is 0 Å². The van der Waals surface area contributed by atoms with Crippen molar-refractivity contribution in [2.24, 2.45) is 0 Å². The highest BCUT2D eigenvalue weighted by Gasteiger charge is 2.03. The zero-order chi connectivity index (χ0) is 10.4. The van der Waals surface area contributed by atoms with Gasteiger partial charge in [-0.15, -0.1) is 0 Å². The number of hydrogen-bond donors (Lipinski definition) is 1. The van der Waals surface area contributed by atoms with Crippen molar-refractivity contribution >= 4 is 11.5 Å². The first-order chi connectivity index (χ1) is 6.77. The highest BCUT2D eigenvalue weighted by molar-refractivity contribution is 5.47. The number of nitrogens with two attached hydrogens (primary N) is 1. The third-order valence-electron chi connectivity index (χ3n) is 2.01. The Balaban J connectivity index is 2.69. The Bertz CT molecular complexity index is 312. The summed E-state index contributed by atoms with van der Waals surface area (Å²) in [5.41, 5.74) is 6.50. The van der Waals surface area contributed by atoms with E-state index in [-0.39, 0.29) is 0 Å². The van der Waals surface area contributed by atoms with Gasteiger partial charge in [0.05, 0.1) is 24.4 Å². The predicted octanol–water partition coefficient (Wildman–Crippen LogP) is 1.40. The molecule has 1 heterocycles. The van der Waals surface area contributed by atoms with Crippen molar-refractivity contribution in [2.45, 2.75) is 13.3 Å². The Hall–Kier alpha value is -1.76. The lowest BCUT2D eigenvalue weighted by atomic mass is 10.3. The molecule has 4 nitrogen and oxygen atoms in total. The maximum Gasteiger partial charge on any atom is 0.123 e. The molecule has 1 aromatic heterocycles. The minimum Gasteiger partial charge on any atom is -0.384 e. The van der Waals surface area contributed by atoms with Gasteiger partial charge >= 0.3 is 0 Å². The normalized spacial score (nSPS) is 9.43. The Morgan fingerprint density at radius 3 is 2.86 bits per heavy atom. The maximum absolute atomic E-state index is 8.49. The lowest BCUT2D eigenvalue weighted by molar-refractivity contribution is 0.824. The average molecular weight is 190 g/mol. The SMILES string of the molecule is CCN(CCC#N)c1ccc(N)nc1. The topological polar surface area (TPSA) is 65.9 Å². The Morgan fingerprint density at radius 2 is 2.36 bits per heavy atom. The van der Waals surface area contributed by atoms with Gasteiger partial charge in [0.1, 0.15) is 5.82 Å². The van der Waals surface area contributed by atoms with Crippen LogP contribution in [0, 0.1) is 11.3 Å². The van der Waals surface area contributed by atoms with E-state index >= 15 is 0 Å². The monoisotopic (exact) mass is 190 g/mol. The van der Waals surface area contributed by atoms with E-state index in [0.717, 1.165) is 18.8 Å². The highest BCUT2D eigenvalue weighted by atomic mass is 15.1. The van der Waals surface area contributed by atoms with E-state index in [1.807, 2.05) is 13.0 Å². The number of aromatic nitrogens is 1. The average Bonchev–Trinajstić information content (AvgIpc) is 2.21. The summed E-state index contributed by atoms with van der Waals surface area (Å²) in [5, 5.41) is 8.49. The summed E-state index contributed by atoms with van der Waals surface area (Å²) in [6.07, 6.45) is 2.26. The largest absolute Gasteiger partial charge is 0.384 e. The Labute approximate surface area is 84.0 Å². The van der Waals surface area contributed by atoms with Gasteiger partial charge in [-0.1, -0.05) is 0 Å². The van der Waals surface area contributed by atoms with Crippen LogP contribution in [0.3, 0.4) is 0 Å². The van der Waals surface area contributed by atoms with Gasteiger partial charge in [-0.25, -0.2) is 4.98 Å². The first-order valence-electron chi connectivity index (χ1n) is 4.61. The predicted molar refractivity (Wildman–Crippen MR) is 56.8 cm³/mol. The molecule has 0 aliphatic carbocycles. The standard InChI is InChI=1S/C10H14N4/c1-2-14(7-3-6-11)9-4-5-10(12)13-8-9/h4-5,8H,2-3,7H2,1H3,(H2,12,13). The lowest BCUT2D eigenvalue weighted by Gasteiger charge is -2.21. The maximum atomic E-state index is 8.49. The fourth-order valence-electron chi connectivity index (χ4n) is 1.24. The van der Waals surface area contributed by atoms with Crippen LogP contribution in [0.15, 0.2) is 18.3 Å². The smallest absolute Gasteiger partial charge is 0.123 e. The Morgan fingerprint density at radius 1 is 1.57 bits per heavy atom. The van der Waals surface area contributed by atoms with E-state index in [1.54, 1.807) is 12.3 Å². The van der Waals surface area contributed by atoms with E-state index in [1.165, 1.54) is 0 Å². The fraction of sp³-hybridized carbons (Fsp3) is 0.400. The molecular formula is C10H14N4. The van der Waals surface area contributed by atoms with E-state index in [2.05, 4.69) is 16.0 Å². The van der Waals surface area contributed by atoms with Crippen LogP contribution in [0.1, 0.15) is 13.3 Å². The second-order valence-electron chi connectivity index (χ2n) is 2.93.